The molecule has 2 aromatic heterocycles. The van der Waals surface area contributed by atoms with Crippen LogP contribution < -0.4 is 15.6 Å². The molecule has 0 aliphatic heterocycles. The predicted octanol–water partition coefficient (Wildman–Crippen LogP) is 4.04. The third-order valence-electron chi connectivity index (χ3n) is 4.90. The van der Waals surface area contributed by atoms with Crippen molar-refractivity contribution in [3.63, 3.8) is 0 Å². The van der Waals surface area contributed by atoms with E-state index in [-0.39, 0.29) is 5.56 Å². The van der Waals surface area contributed by atoms with E-state index in [0.717, 1.165) is 16.1 Å². The van der Waals surface area contributed by atoms with Crippen molar-refractivity contribution in [1.29, 1.82) is 0 Å². The second-order valence-corrected chi connectivity index (χ2v) is 7.39. The highest BCUT2D eigenvalue weighted by Gasteiger charge is 2.20. The Kier molecular flexibility index (Phi) is 5.85. The van der Waals surface area contributed by atoms with Crippen LogP contribution in [0.25, 0.3) is 5.82 Å². The summed E-state index contributed by atoms with van der Waals surface area (Å²) >= 11 is 0. The number of aryl methyl sites for hydroxylation is 2. The molecule has 1 atom stereocenters. The summed E-state index contributed by atoms with van der Waals surface area (Å²) in [6.07, 6.45) is 0. The summed E-state index contributed by atoms with van der Waals surface area (Å²) in [5, 5.41) is 11.6. The number of amides is 1. The van der Waals surface area contributed by atoms with Gasteiger partial charge in [0, 0.05) is 11.8 Å². The van der Waals surface area contributed by atoms with E-state index in [1.807, 2.05) is 56.3 Å². The first-order chi connectivity index (χ1) is 15.4. The van der Waals surface area contributed by atoms with Crippen LogP contribution >= 0.6 is 0 Å². The summed E-state index contributed by atoms with van der Waals surface area (Å²) in [6, 6.07) is 20.4. The smallest absolute Gasteiger partial charge is 0.267 e. The molecule has 0 fully saturated rings. The lowest BCUT2D eigenvalue weighted by molar-refractivity contribution is -0.119. The number of hydrogen-bond acceptors (Lipinski definition) is 5. The maximum Gasteiger partial charge on any atom is 0.267 e. The molecule has 8 nitrogen and oxygen atoms in total. The number of nitrogens with zero attached hydrogens (tertiary/aromatic N) is 4. The molecule has 1 N–H and O–H groups in total. The van der Waals surface area contributed by atoms with Crippen LogP contribution in [0.15, 0.2) is 77.6 Å². The zero-order valence-corrected chi connectivity index (χ0v) is 18.0. The van der Waals surface area contributed by atoms with Crippen molar-refractivity contribution in [2.75, 3.05) is 5.32 Å². The zero-order valence-electron chi connectivity index (χ0n) is 18.0. The van der Waals surface area contributed by atoms with Gasteiger partial charge in [-0.15, -0.1) is 5.10 Å². The van der Waals surface area contributed by atoms with Crippen LogP contribution in [-0.4, -0.2) is 25.5 Å². The molecule has 0 aliphatic rings. The van der Waals surface area contributed by atoms with Gasteiger partial charge in [-0.25, -0.2) is 9.36 Å². The highest BCUT2D eigenvalue weighted by Crippen LogP contribution is 2.29. The minimum atomic E-state index is -0.857. The van der Waals surface area contributed by atoms with Crippen LogP contribution in [0, 0.1) is 13.8 Å². The molecule has 32 heavy (non-hydrogen) atoms. The summed E-state index contributed by atoms with van der Waals surface area (Å²) in [4.78, 5) is 25.5. The number of para-hydroxylation sites is 3. The molecular formula is C24H23N5O3. The molecular weight excluding hydrogens is 406 g/mol. The lowest BCUT2D eigenvalue weighted by Gasteiger charge is -2.17. The molecule has 2 heterocycles. The van der Waals surface area contributed by atoms with Crippen LogP contribution in [0.5, 0.6) is 11.5 Å². The van der Waals surface area contributed by atoms with Crippen molar-refractivity contribution < 1.29 is 9.53 Å². The fourth-order valence-electron chi connectivity index (χ4n) is 3.29. The number of carbonyl (C=O) groups is 1. The van der Waals surface area contributed by atoms with E-state index in [0.29, 0.717) is 23.0 Å². The summed E-state index contributed by atoms with van der Waals surface area (Å²) in [5.41, 5.74) is 1.83. The van der Waals surface area contributed by atoms with Gasteiger partial charge in [0.25, 0.3) is 5.56 Å². The Morgan fingerprint density at radius 1 is 0.969 bits per heavy atom. The number of aromatic nitrogens is 4. The monoisotopic (exact) mass is 429 g/mol. The number of anilines is 1. The Bertz CT molecular complexity index is 1310. The maximum absolute atomic E-state index is 13.0. The molecule has 4 aromatic rings. The molecule has 162 valence electrons. The Morgan fingerprint density at radius 2 is 1.69 bits per heavy atom. The highest BCUT2D eigenvalue weighted by molar-refractivity contribution is 5.94. The summed E-state index contributed by atoms with van der Waals surface area (Å²) < 4.78 is 8.69. The fraction of sp³-hybridized carbons (Fsp3) is 0.167. The van der Waals surface area contributed by atoms with Crippen molar-refractivity contribution in [1.82, 2.24) is 19.6 Å². The first-order valence-electron chi connectivity index (χ1n) is 10.2. The van der Waals surface area contributed by atoms with Gasteiger partial charge < -0.3 is 10.1 Å². The van der Waals surface area contributed by atoms with Gasteiger partial charge in [0.2, 0.25) is 5.91 Å². The minimum Gasteiger partial charge on any atom is -0.455 e. The van der Waals surface area contributed by atoms with Gasteiger partial charge in [0.05, 0.1) is 11.4 Å². The van der Waals surface area contributed by atoms with E-state index < -0.39 is 11.9 Å². The number of ether oxygens (including phenoxy) is 1. The van der Waals surface area contributed by atoms with Gasteiger partial charge in [0.1, 0.15) is 11.8 Å². The summed E-state index contributed by atoms with van der Waals surface area (Å²) in [5.74, 6) is 1.21. The molecule has 0 saturated heterocycles. The topological polar surface area (TPSA) is 91.0 Å². The molecule has 0 spiro atoms. The Labute approximate surface area is 185 Å². The van der Waals surface area contributed by atoms with Gasteiger partial charge >= 0.3 is 0 Å². The fourth-order valence-corrected chi connectivity index (χ4v) is 3.29. The Hall–Kier alpha value is -4.20. The third kappa shape index (κ3) is 4.44. The van der Waals surface area contributed by atoms with Gasteiger partial charge in [0.15, 0.2) is 11.6 Å². The minimum absolute atomic E-state index is 0.383. The number of benzene rings is 2. The van der Waals surface area contributed by atoms with Gasteiger partial charge in [-0.2, -0.15) is 5.10 Å². The molecule has 1 unspecified atom stereocenters. The summed E-state index contributed by atoms with van der Waals surface area (Å²) in [7, 11) is 0. The highest BCUT2D eigenvalue weighted by atomic mass is 16.5. The number of hydrogen-bond donors (Lipinski definition) is 1. The average molecular weight is 429 g/mol. The normalized spacial score (nSPS) is 11.7. The second kappa shape index (κ2) is 8.89. The van der Waals surface area contributed by atoms with Crippen molar-refractivity contribution in [3.05, 3.63) is 94.5 Å². The zero-order chi connectivity index (χ0) is 22.7. The van der Waals surface area contributed by atoms with Gasteiger partial charge in [-0.3, -0.25) is 9.59 Å². The molecule has 0 saturated carbocycles. The van der Waals surface area contributed by atoms with E-state index in [9.17, 15) is 9.59 Å². The summed E-state index contributed by atoms with van der Waals surface area (Å²) in [6.45, 7) is 5.40. The van der Waals surface area contributed by atoms with Crippen LogP contribution in [0.3, 0.4) is 0 Å². The standard InChI is InChI=1S/C24H23N5O3/c1-16-15-17(2)28(26-16)22-13-14-23(30)29(27-22)18(3)24(31)25-20-11-7-8-12-21(20)32-19-9-5-4-6-10-19/h4-15,18H,1-3H3,(H,25,31). The van der Waals surface area contributed by atoms with E-state index in [4.69, 9.17) is 4.74 Å². The SMILES string of the molecule is Cc1cc(C)n(-c2ccc(=O)n(C(C)C(=O)Nc3ccccc3Oc3ccccc3)n2)n1. The third-order valence-corrected chi connectivity index (χ3v) is 4.90. The average Bonchev–Trinajstić information content (AvgIpc) is 3.13. The van der Waals surface area contributed by atoms with E-state index in [1.165, 1.54) is 6.07 Å². The van der Waals surface area contributed by atoms with Crippen molar-refractivity contribution >= 4 is 11.6 Å². The van der Waals surface area contributed by atoms with Gasteiger partial charge in [-0.05, 0) is 57.2 Å². The maximum atomic E-state index is 13.0. The Morgan fingerprint density at radius 3 is 2.41 bits per heavy atom. The number of rotatable bonds is 6. The van der Waals surface area contributed by atoms with Crippen LogP contribution in [-0.2, 0) is 4.79 Å². The van der Waals surface area contributed by atoms with Crippen LogP contribution in [0.2, 0.25) is 0 Å². The van der Waals surface area contributed by atoms with Crippen LogP contribution in [0.1, 0.15) is 24.4 Å². The van der Waals surface area contributed by atoms with E-state index in [1.54, 1.807) is 35.9 Å². The first kappa shape index (κ1) is 21.0. The van der Waals surface area contributed by atoms with Crippen molar-refractivity contribution in [2.24, 2.45) is 0 Å². The van der Waals surface area contributed by atoms with E-state index in [2.05, 4.69) is 15.5 Å². The quantitative estimate of drug-likeness (QED) is 0.500. The molecule has 1 amide bonds. The number of carbonyl (C=O) groups excluding carboxylic acids is 1. The second-order valence-electron chi connectivity index (χ2n) is 7.39. The van der Waals surface area contributed by atoms with Crippen molar-refractivity contribution in [3.8, 4) is 17.3 Å². The van der Waals surface area contributed by atoms with Crippen LogP contribution in [0.4, 0.5) is 5.69 Å². The predicted molar refractivity (Wildman–Crippen MR) is 121 cm³/mol. The lowest BCUT2D eigenvalue weighted by atomic mass is 10.2. The van der Waals surface area contributed by atoms with E-state index >= 15 is 0 Å². The van der Waals surface area contributed by atoms with Gasteiger partial charge in [-0.1, -0.05) is 30.3 Å². The molecule has 0 bridgehead atoms. The molecule has 0 radical (unpaired) electrons. The number of nitrogens with one attached hydrogen (secondary N) is 1. The molecule has 4 rings (SSSR count). The van der Waals surface area contributed by atoms with Crippen molar-refractivity contribution in [2.45, 2.75) is 26.8 Å². The molecule has 2 aromatic carbocycles. The lowest BCUT2D eigenvalue weighted by Crippen LogP contribution is -2.33. The Balaban J connectivity index is 1.58. The molecule has 0 aliphatic carbocycles. The largest absolute Gasteiger partial charge is 0.455 e. The molecule has 8 heteroatoms. The first-order valence-corrected chi connectivity index (χ1v) is 10.2.